The van der Waals surface area contributed by atoms with Crippen LogP contribution >= 0.6 is 27.3 Å². The molecular weight excluding hydrogens is 346 g/mol. The summed E-state index contributed by atoms with van der Waals surface area (Å²) in [7, 11) is 4.34. The summed E-state index contributed by atoms with van der Waals surface area (Å²) in [5, 5.41) is 0. The molecule has 0 radical (unpaired) electrons. The zero-order chi connectivity index (χ0) is 15.4. The van der Waals surface area contributed by atoms with Crippen molar-refractivity contribution in [3.8, 4) is 0 Å². The zero-order valence-electron chi connectivity index (χ0n) is 13.4. The van der Waals surface area contributed by atoms with Gasteiger partial charge in [0.05, 0.1) is 9.83 Å². The number of thiophene rings is 1. The molecule has 2 rings (SSSR count). The number of hydrogen-bond acceptors (Lipinski definition) is 4. The molecule has 3 nitrogen and oxygen atoms in total. The van der Waals surface area contributed by atoms with Crippen LogP contribution in [0.2, 0.25) is 0 Å². The summed E-state index contributed by atoms with van der Waals surface area (Å²) in [4.78, 5) is 6.33. The fourth-order valence-corrected chi connectivity index (χ4v) is 4.94. The van der Waals surface area contributed by atoms with E-state index in [2.05, 4.69) is 58.9 Å². The van der Waals surface area contributed by atoms with Gasteiger partial charge in [0.2, 0.25) is 0 Å². The summed E-state index contributed by atoms with van der Waals surface area (Å²) >= 11 is 5.42. The van der Waals surface area contributed by atoms with Crippen LogP contribution in [0.3, 0.4) is 0 Å². The van der Waals surface area contributed by atoms with Crippen LogP contribution in [0.15, 0.2) is 15.9 Å². The van der Waals surface area contributed by atoms with Crippen molar-refractivity contribution in [1.29, 1.82) is 0 Å². The second kappa shape index (κ2) is 8.06. The first-order valence-corrected chi connectivity index (χ1v) is 9.51. The van der Waals surface area contributed by atoms with E-state index in [1.807, 2.05) is 11.3 Å². The highest BCUT2D eigenvalue weighted by molar-refractivity contribution is 9.11. The zero-order valence-corrected chi connectivity index (χ0v) is 15.8. The van der Waals surface area contributed by atoms with Gasteiger partial charge in [-0.1, -0.05) is 6.92 Å². The molecule has 1 aliphatic rings. The number of nitrogens with zero attached hydrogens (tertiary/aromatic N) is 2. The minimum absolute atomic E-state index is 0.223. The van der Waals surface area contributed by atoms with Gasteiger partial charge in [-0.15, -0.1) is 11.3 Å². The first-order chi connectivity index (χ1) is 10.0. The van der Waals surface area contributed by atoms with Crippen LogP contribution in [0.1, 0.15) is 37.1 Å². The van der Waals surface area contributed by atoms with Gasteiger partial charge >= 0.3 is 0 Å². The molecule has 1 saturated heterocycles. The normalized spacial score (nSPS) is 20.9. The highest BCUT2D eigenvalue weighted by atomic mass is 79.9. The van der Waals surface area contributed by atoms with Crippen molar-refractivity contribution in [1.82, 2.24) is 9.80 Å². The number of likely N-dealkylation sites (tertiary alicyclic amines) is 1. The monoisotopic (exact) mass is 373 g/mol. The van der Waals surface area contributed by atoms with Gasteiger partial charge in [-0.3, -0.25) is 4.90 Å². The van der Waals surface area contributed by atoms with E-state index in [9.17, 15) is 0 Å². The summed E-state index contributed by atoms with van der Waals surface area (Å²) < 4.78 is 1.20. The maximum Gasteiger partial charge on any atom is 0.0702 e. The molecule has 5 heteroatoms. The van der Waals surface area contributed by atoms with Crippen LogP contribution in [0, 0.1) is 5.92 Å². The minimum Gasteiger partial charge on any atom is -0.326 e. The Morgan fingerprint density at radius 3 is 2.52 bits per heavy atom. The third-order valence-corrected chi connectivity index (χ3v) is 6.12. The van der Waals surface area contributed by atoms with Gasteiger partial charge in [0.1, 0.15) is 0 Å². The molecular formula is C16H28BrN3S. The Labute approximate surface area is 141 Å². The molecule has 0 aliphatic carbocycles. The topological polar surface area (TPSA) is 32.5 Å². The Hall–Kier alpha value is 0.0600. The van der Waals surface area contributed by atoms with Gasteiger partial charge in [-0.2, -0.15) is 0 Å². The maximum atomic E-state index is 6.45. The second-order valence-electron chi connectivity index (χ2n) is 6.40. The number of hydrogen-bond donors (Lipinski definition) is 1. The van der Waals surface area contributed by atoms with Crippen molar-refractivity contribution in [2.75, 3.05) is 33.7 Å². The summed E-state index contributed by atoms with van der Waals surface area (Å²) in [6.45, 7) is 5.75. The van der Waals surface area contributed by atoms with Gasteiger partial charge in [-0.05, 0) is 80.4 Å². The first-order valence-electron chi connectivity index (χ1n) is 7.90. The Balaban J connectivity index is 2.02. The molecule has 0 aromatic carbocycles. The average molecular weight is 374 g/mol. The minimum atomic E-state index is 0.223. The Morgan fingerprint density at radius 1 is 1.38 bits per heavy atom. The lowest BCUT2D eigenvalue weighted by Crippen LogP contribution is -2.45. The van der Waals surface area contributed by atoms with Gasteiger partial charge in [0.15, 0.2) is 0 Å². The van der Waals surface area contributed by atoms with E-state index in [1.165, 1.54) is 41.1 Å². The van der Waals surface area contributed by atoms with Crippen molar-refractivity contribution in [2.45, 2.75) is 38.3 Å². The lowest BCUT2D eigenvalue weighted by atomic mass is 9.93. The average Bonchev–Trinajstić information content (AvgIpc) is 2.86. The van der Waals surface area contributed by atoms with Gasteiger partial charge in [0.25, 0.3) is 0 Å². The number of piperidine rings is 1. The van der Waals surface area contributed by atoms with Crippen molar-refractivity contribution < 1.29 is 0 Å². The van der Waals surface area contributed by atoms with E-state index in [0.29, 0.717) is 6.04 Å². The molecule has 1 aromatic rings. The summed E-state index contributed by atoms with van der Waals surface area (Å²) in [5.74, 6) is 0.838. The Bertz CT molecular complexity index is 427. The van der Waals surface area contributed by atoms with Crippen molar-refractivity contribution in [3.63, 3.8) is 0 Å². The standard InChI is InChI=1S/C16H28BrN3S/c1-4-13(18)16(14-5-6-15(17)21-14)20-9-7-12(8-10-20)11-19(2)3/h5-6,12-13,16H,4,7-11,18H2,1-3H3. The fourth-order valence-electron chi connectivity index (χ4n) is 3.30. The van der Waals surface area contributed by atoms with E-state index >= 15 is 0 Å². The Kier molecular flexibility index (Phi) is 6.69. The van der Waals surface area contributed by atoms with Gasteiger partial charge in [-0.25, -0.2) is 0 Å². The first kappa shape index (κ1) is 17.4. The summed E-state index contributed by atoms with van der Waals surface area (Å²) in [6.07, 6.45) is 3.60. The molecule has 21 heavy (non-hydrogen) atoms. The van der Waals surface area contributed by atoms with Crippen LogP contribution in [0.25, 0.3) is 0 Å². The van der Waals surface area contributed by atoms with E-state index in [0.717, 1.165) is 12.3 Å². The lowest BCUT2D eigenvalue weighted by Gasteiger charge is -2.40. The summed E-state index contributed by atoms with van der Waals surface area (Å²) in [6, 6.07) is 4.99. The maximum absolute atomic E-state index is 6.45. The second-order valence-corrected chi connectivity index (χ2v) is 8.89. The molecule has 2 unspecified atom stereocenters. The molecule has 2 heterocycles. The molecule has 0 spiro atoms. The molecule has 2 N–H and O–H groups in total. The van der Waals surface area contributed by atoms with Crippen LogP contribution in [0.4, 0.5) is 0 Å². The van der Waals surface area contributed by atoms with Crippen molar-refractivity contribution in [3.05, 3.63) is 20.8 Å². The SMILES string of the molecule is CCC(N)C(c1ccc(Br)s1)N1CCC(CN(C)C)CC1. The fraction of sp³-hybridized carbons (Fsp3) is 0.750. The quantitative estimate of drug-likeness (QED) is 0.826. The molecule has 0 bridgehead atoms. The highest BCUT2D eigenvalue weighted by Gasteiger charge is 2.30. The van der Waals surface area contributed by atoms with Crippen LogP contribution < -0.4 is 5.73 Å². The van der Waals surface area contributed by atoms with E-state index < -0.39 is 0 Å². The van der Waals surface area contributed by atoms with Crippen LogP contribution in [0.5, 0.6) is 0 Å². The Morgan fingerprint density at radius 2 is 2.05 bits per heavy atom. The number of halogens is 1. The molecule has 0 saturated carbocycles. The molecule has 120 valence electrons. The molecule has 0 amide bonds. The summed E-state index contributed by atoms with van der Waals surface area (Å²) in [5.41, 5.74) is 6.45. The third-order valence-electron chi connectivity index (χ3n) is 4.43. The van der Waals surface area contributed by atoms with Crippen LogP contribution in [-0.2, 0) is 0 Å². The molecule has 1 fully saturated rings. The predicted octanol–water partition coefficient (Wildman–Crippen LogP) is 3.56. The van der Waals surface area contributed by atoms with Gasteiger partial charge < -0.3 is 10.6 Å². The molecule has 2 atom stereocenters. The molecule has 1 aromatic heterocycles. The van der Waals surface area contributed by atoms with E-state index in [1.54, 1.807) is 0 Å². The third kappa shape index (κ3) is 4.76. The number of nitrogens with two attached hydrogens (primary N) is 1. The van der Waals surface area contributed by atoms with Gasteiger partial charge in [0, 0.05) is 17.5 Å². The largest absolute Gasteiger partial charge is 0.326 e. The van der Waals surface area contributed by atoms with E-state index in [4.69, 9.17) is 5.73 Å². The number of rotatable bonds is 6. The van der Waals surface area contributed by atoms with Crippen LogP contribution in [-0.4, -0.2) is 49.6 Å². The van der Waals surface area contributed by atoms with Crippen molar-refractivity contribution in [2.24, 2.45) is 11.7 Å². The van der Waals surface area contributed by atoms with Crippen molar-refractivity contribution >= 4 is 27.3 Å². The lowest BCUT2D eigenvalue weighted by molar-refractivity contribution is 0.106. The highest BCUT2D eigenvalue weighted by Crippen LogP contribution is 2.35. The predicted molar refractivity (Wildman–Crippen MR) is 95.9 cm³/mol. The van der Waals surface area contributed by atoms with E-state index in [-0.39, 0.29) is 6.04 Å². The molecule has 1 aliphatic heterocycles. The smallest absolute Gasteiger partial charge is 0.0702 e.